The summed E-state index contributed by atoms with van der Waals surface area (Å²) in [5, 5.41) is 21.1. The Hall–Kier alpha value is -1.53. The topological polar surface area (TPSA) is 63.8 Å². The molecular weight excluding hydrogens is 247 g/mol. The van der Waals surface area contributed by atoms with Gasteiger partial charge in [0.15, 0.2) is 5.82 Å². The first-order valence-corrected chi connectivity index (χ1v) is 5.30. The number of rotatable bonds is 3. The molecule has 0 aliphatic rings. The molecule has 0 fully saturated rings. The van der Waals surface area contributed by atoms with E-state index in [1.807, 2.05) is 0 Å². The summed E-state index contributed by atoms with van der Waals surface area (Å²) in [6.45, 7) is 0. The summed E-state index contributed by atoms with van der Waals surface area (Å²) in [6.07, 6.45) is -0.955. The summed E-state index contributed by atoms with van der Waals surface area (Å²) in [4.78, 5) is 1.27. The van der Waals surface area contributed by atoms with Gasteiger partial charge in [-0.1, -0.05) is 23.7 Å². The van der Waals surface area contributed by atoms with Gasteiger partial charge in [-0.2, -0.15) is 4.80 Å². The molecule has 0 amide bonds. The van der Waals surface area contributed by atoms with Crippen molar-refractivity contribution in [3.8, 4) is 0 Å². The zero-order chi connectivity index (χ0) is 12.4. The molecule has 5 nitrogen and oxygen atoms in total. The van der Waals surface area contributed by atoms with E-state index in [4.69, 9.17) is 11.6 Å². The number of aliphatic hydroxyl groups is 1. The second kappa shape index (κ2) is 4.77. The van der Waals surface area contributed by atoms with Crippen LogP contribution in [-0.2, 0) is 13.5 Å². The van der Waals surface area contributed by atoms with Crippen molar-refractivity contribution >= 4 is 11.6 Å². The molecule has 0 saturated heterocycles. The number of aryl methyl sites for hydroxylation is 1. The third-order valence-electron chi connectivity index (χ3n) is 2.27. The van der Waals surface area contributed by atoms with Crippen molar-refractivity contribution in [3.63, 3.8) is 0 Å². The first-order chi connectivity index (χ1) is 8.08. The van der Waals surface area contributed by atoms with E-state index < -0.39 is 11.9 Å². The summed E-state index contributed by atoms with van der Waals surface area (Å²) in [7, 11) is 1.61. The fourth-order valence-corrected chi connectivity index (χ4v) is 1.65. The molecule has 2 rings (SSSR count). The average molecular weight is 257 g/mol. The van der Waals surface area contributed by atoms with Crippen LogP contribution in [0.3, 0.4) is 0 Å². The monoisotopic (exact) mass is 256 g/mol. The van der Waals surface area contributed by atoms with Crippen LogP contribution >= 0.6 is 11.6 Å². The van der Waals surface area contributed by atoms with Gasteiger partial charge in [0, 0.05) is 12.0 Å². The molecule has 1 N–H and O–H groups in total. The molecule has 1 heterocycles. The summed E-state index contributed by atoms with van der Waals surface area (Å²) in [6, 6.07) is 4.48. The van der Waals surface area contributed by atoms with Gasteiger partial charge in [-0.25, -0.2) is 4.39 Å². The van der Waals surface area contributed by atoms with Gasteiger partial charge in [-0.05, 0) is 11.3 Å². The Morgan fingerprint density at radius 1 is 1.53 bits per heavy atom. The van der Waals surface area contributed by atoms with Crippen molar-refractivity contribution in [2.75, 3.05) is 0 Å². The molecule has 0 aliphatic heterocycles. The largest absolute Gasteiger partial charge is 0.388 e. The minimum absolute atomic E-state index is 0.0198. The molecule has 1 aromatic heterocycles. The molecule has 0 saturated carbocycles. The summed E-state index contributed by atoms with van der Waals surface area (Å²) >= 11 is 5.63. The molecule has 90 valence electrons. The molecule has 2 aromatic rings. The predicted molar refractivity (Wildman–Crippen MR) is 58.9 cm³/mol. The number of halogens is 2. The van der Waals surface area contributed by atoms with Crippen molar-refractivity contribution in [2.24, 2.45) is 7.05 Å². The highest BCUT2D eigenvalue weighted by atomic mass is 35.5. The Morgan fingerprint density at radius 3 is 2.94 bits per heavy atom. The second-order valence-corrected chi connectivity index (χ2v) is 3.97. The smallest absolute Gasteiger partial charge is 0.177 e. The molecule has 1 unspecified atom stereocenters. The summed E-state index contributed by atoms with van der Waals surface area (Å²) in [5.74, 6) is -0.273. The van der Waals surface area contributed by atoms with Gasteiger partial charge >= 0.3 is 0 Å². The maximum absolute atomic E-state index is 13.6. The maximum atomic E-state index is 13.6. The van der Waals surface area contributed by atoms with Crippen molar-refractivity contribution < 1.29 is 9.50 Å². The standard InChI is InChI=1S/C10H10ClFN4O/c1-16-14-9(13-15-16)5-8(17)6-3-2-4-7(11)10(6)12/h2-4,8,17H,5H2,1H3. The highest BCUT2D eigenvalue weighted by Crippen LogP contribution is 2.24. The maximum Gasteiger partial charge on any atom is 0.177 e. The van der Waals surface area contributed by atoms with Crippen LogP contribution < -0.4 is 0 Å². The van der Waals surface area contributed by atoms with Crippen LogP contribution in [0.5, 0.6) is 0 Å². The van der Waals surface area contributed by atoms with Gasteiger partial charge in [-0.3, -0.25) is 0 Å². The molecule has 0 aliphatic carbocycles. The minimum atomic E-state index is -1.04. The van der Waals surface area contributed by atoms with Crippen LogP contribution in [0.15, 0.2) is 18.2 Å². The van der Waals surface area contributed by atoms with Crippen molar-refractivity contribution in [3.05, 3.63) is 40.4 Å². The van der Waals surface area contributed by atoms with E-state index in [2.05, 4.69) is 15.4 Å². The van der Waals surface area contributed by atoms with Gasteiger partial charge in [-0.15, -0.1) is 10.2 Å². The molecule has 1 atom stereocenters. The van der Waals surface area contributed by atoms with Crippen molar-refractivity contribution in [2.45, 2.75) is 12.5 Å². The fraction of sp³-hybridized carbons (Fsp3) is 0.300. The van der Waals surface area contributed by atoms with Crippen LogP contribution in [0, 0.1) is 5.82 Å². The number of aliphatic hydroxyl groups excluding tert-OH is 1. The van der Waals surface area contributed by atoms with E-state index >= 15 is 0 Å². The van der Waals surface area contributed by atoms with Crippen LogP contribution in [-0.4, -0.2) is 25.3 Å². The lowest BCUT2D eigenvalue weighted by molar-refractivity contribution is 0.171. The van der Waals surface area contributed by atoms with Gasteiger partial charge in [0.25, 0.3) is 0 Å². The Morgan fingerprint density at radius 2 is 2.29 bits per heavy atom. The van der Waals surface area contributed by atoms with Crippen LogP contribution in [0.4, 0.5) is 4.39 Å². The Labute approximate surface area is 102 Å². The Kier molecular flexibility index (Phi) is 3.35. The van der Waals surface area contributed by atoms with Gasteiger partial charge < -0.3 is 5.11 Å². The molecular formula is C10H10ClFN4O. The third-order valence-corrected chi connectivity index (χ3v) is 2.56. The summed E-state index contributed by atoms with van der Waals surface area (Å²) in [5.41, 5.74) is 0.130. The normalized spacial score (nSPS) is 12.7. The first kappa shape index (κ1) is 11.9. The van der Waals surface area contributed by atoms with E-state index in [0.717, 1.165) is 0 Å². The van der Waals surface area contributed by atoms with Gasteiger partial charge in [0.2, 0.25) is 0 Å². The van der Waals surface area contributed by atoms with Crippen LogP contribution in [0.1, 0.15) is 17.5 Å². The minimum Gasteiger partial charge on any atom is -0.388 e. The van der Waals surface area contributed by atoms with E-state index in [1.54, 1.807) is 13.1 Å². The van der Waals surface area contributed by atoms with Gasteiger partial charge in [0.05, 0.1) is 18.2 Å². The molecule has 0 bridgehead atoms. The van der Waals surface area contributed by atoms with E-state index in [1.165, 1.54) is 16.9 Å². The lowest BCUT2D eigenvalue weighted by Crippen LogP contribution is -2.06. The second-order valence-electron chi connectivity index (χ2n) is 3.56. The Bertz CT molecular complexity index is 531. The number of nitrogens with zero attached hydrogens (tertiary/aromatic N) is 4. The van der Waals surface area contributed by atoms with E-state index in [9.17, 15) is 9.50 Å². The van der Waals surface area contributed by atoms with E-state index in [0.29, 0.717) is 5.82 Å². The lowest BCUT2D eigenvalue weighted by atomic mass is 10.1. The quantitative estimate of drug-likeness (QED) is 0.899. The molecule has 1 aromatic carbocycles. The first-order valence-electron chi connectivity index (χ1n) is 4.93. The lowest BCUT2D eigenvalue weighted by Gasteiger charge is -2.10. The predicted octanol–water partition coefficient (Wildman–Crippen LogP) is 1.28. The van der Waals surface area contributed by atoms with Crippen LogP contribution in [0.25, 0.3) is 0 Å². The molecule has 7 heteroatoms. The van der Waals surface area contributed by atoms with Gasteiger partial charge in [0.1, 0.15) is 5.82 Å². The third kappa shape index (κ3) is 2.59. The van der Waals surface area contributed by atoms with Crippen LogP contribution in [0.2, 0.25) is 5.02 Å². The number of benzene rings is 1. The SMILES string of the molecule is Cn1nnc(CC(O)c2cccc(Cl)c2F)n1. The Balaban J connectivity index is 2.20. The number of tetrazole rings is 1. The zero-order valence-corrected chi connectivity index (χ0v) is 9.76. The van der Waals surface area contributed by atoms with Crippen molar-refractivity contribution in [1.29, 1.82) is 0 Å². The summed E-state index contributed by atoms with van der Waals surface area (Å²) < 4.78 is 13.6. The molecule has 17 heavy (non-hydrogen) atoms. The fourth-order valence-electron chi connectivity index (χ4n) is 1.47. The average Bonchev–Trinajstić information content (AvgIpc) is 2.68. The molecule has 0 spiro atoms. The highest BCUT2D eigenvalue weighted by molar-refractivity contribution is 6.30. The van der Waals surface area contributed by atoms with Crippen molar-refractivity contribution in [1.82, 2.24) is 20.2 Å². The number of hydrogen-bond donors (Lipinski definition) is 1. The number of hydrogen-bond acceptors (Lipinski definition) is 4. The highest BCUT2D eigenvalue weighted by Gasteiger charge is 2.17. The zero-order valence-electron chi connectivity index (χ0n) is 9.01. The van der Waals surface area contributed by atoms with E-state index in [-0.39, 0.29) is 17.0 Å². The molecule has 0 radical (unpaired) electrons. The number of aromatic nitrogens is 4.